The molecule has 0 spiro atoms. The van der Waals surface area contributed by atoms with Gasteiger partial charge < -0.3 is 20.1 Å². The standard InChI is InChI=1S/C26H25N5O2S/c32-25(18-6-7-21-22(13-28-23(21)12-18)17-4-2-1-3-5-17)31-15-20(16-31)29-19-8-10-30(14-19)26(33)24-27-9-11-34-24/h1-7,9,11-13,19-20,28-29H,8,10,14-16H2. The average molecular weight is 472 g/mol. The molecule has 1 atom stereocenters. The first kappa shape index (κ1) is 21.1. The average Bonchev–Trinajstić information content (AvgIpc) is 3.61. The molecule has 8 heteroatoms. The number of hydrogen-bond acceptors (Lipinski definition) is 5. The molecule has 34 heavy (non-hydrogen) atoms. The van der Waals surface area contributed by atoms with Crippen molar-refractivity contribution in [2.75, 3.05) is 26.2 Å². The summed E-state index contributed by atoms with van der Waals surface area (Å²) < 4.78 is 0. The molecule has 1 unspecified atom stereocenters. The van der Waals surface area contributed by atoms with E-state index in [9.17, 15) is 9.59 Å². The number of nitrogens with zero attached hydrogens (tertiary/aromatic N) is 3. The van der Waals surface area contributed by atoms with Crippen molar-refractivity contribution in [3.05, 3.63) is 76.9 Å². The number of aromatic amines is 1. The normalized spacial score (nSPS) is 18.4. The highest BCUT2D eigenvalue weighted by Crippen LogP contribution is 2.29. The minimum atomic E-state index is 0.0137. The van der Waals surface area contributed by atoms with Gasteiger partial charge in [-0.2, -0.15) is 0 Å². The number of rotatable bonds is 5. The maximum atomic E-state index is 13.0. The van der Waals surface area contributed by atoms with Crippen LogP contribution in [0, 0.1) is 0 Å². The van der Waals surface area contributed by atoms with Crippen LogP contribution in [-0.2, 0) is 0 Å². The topological polar surface area (TPSA) is 81.3 Å². The van der Waals surface area contributed by atoms with Gasteiger partial charge in [0, 0.05) is 78.1 Å². The predicted octanol–water partition coefficient (Wildman–Crippen LogP) is 3.62. The zero-order chi connectivity index (χ0) is 23.1. The van der Waals surface area contributed by atoms with Crippen molar-refractivity contribution in [1.82, 2.24) is 25.1 Å². The number of fused-ring (bicyclic) bond motifs is 1. The lowest BCUT2D eigenvalue weighted by Gasteiger charge is -2.41. The lowest BCUT2D eigenvalue weighted by atomic mass is 10.0. The Morgan fingerprint density at radius 2 is 1.82 bits per heavy atom. The zero-order valence-electron chi connectivity index (χ0n) is 18.6. The highest BCUT2D eigenvalue weighted by molar-refractivity contribution is 7.11. The molecular formula is C26H25N5O2S. The summed E-state index contributed by atoms with van der Waals surface area (Å²) in [5.41, 5.74) is 3.97. The second-order valence-corrected chi connectivity index (χ2v) is 9.87. The summed E-state index contributed by atoms with van der Waals surface area (Å²) in [4.78, 5) is 36.7. The molecule has 7 nitrogen and oxygen atoms in total. The highest BCUT2D eigenvalue weighted by Gasteiger charge is 2.35. The Hall–Kier alpha value is -3.49. The minimum Gasteiger partial charge on any atom is -0.361 e. The van der Waals surface area contributed by atoms with Crippen molar-refractivity contribution in [3.8, 4) is 11.1 Å². The van der Waals surface area contributed by atoms with E-state index in [1.54, 1.807) is 6.20 Å². The van der Waals surface area contributed by atoms with Crippen molar-refractivity contribution in [3.63, 3.8) is 0 Å². The Balaban J connectivity index is 1.05. The van der Waals surface area contributed by atoms with Crippen molar-refractivity contribution < 1.29 is 9.59 Å². The van der Waals surface area contributed by atoms with Crippen LogP contribution < -0.4 is 5.32 Å². The monoisotopic (exact) mass is 471 g/mol. The maximum absolute atomic E-state index is 13.0. The van der Waals surface area contributed by atoms with Gasteiger partial charge in [0.05, 0.1) is 0 Å². The summed E-state index contributed by atoms with van der Waals surface area (Å²) in [6.07, 6.45) is 4.59. The van der Waals surface area contributed by atoms with Gasteiger partial charge in [-0.25, -0.2) is 4.98 Å². The molecule has 0 aliphatic carbocycles. The number of carbonyl (C=O) groups is 2. The van der Waals surface area contributed by atoms with Gasteiger partial charge in [-0.1, -0.05) is 36.4 Å². The van der Waals surface area contributed by atoms with E-state index in [-0.39, 0.29) is 23.9 Å². The van der Waals surface area contributed by atoms with Gasteiger partial charge in [0.25, 0.3) is 11.8 Å². The van der Waals surface area contributed by atoms with Gasteiger partial charge in [-0.3, -0.25) is 9.59 Å². The Bertz CT molecular complexity index is 1330. The number of H-pyrrole nitrogens is 1. The van der Waals surface area contributed by atoms with Crippen LogP contribution in [0.15, 0.2) is 66.3 Å². The molecule has 0 saturated carbocycles. The second kappa shape index (κ2) is 8.70. The van der Waals surface area contributed by atoms with Crippen molar-refractivity contribution in [1.29, 1.82) is 0 Å². The number of nitrogens with one attached hydrogen (secondary N) is 2. The van der Waals surface area contributed by atoms with Gasteiger partial charge in [0.2, 0.25) is 0 Å². The molecule has 2 aromatic carbocycles. The fourth-order valence-electron chi connectivity index (χ4n) is 4.93. The summed E-state index contributed by atoms with van der Waals surface area (Å²) in [6, 6.07) is 16.7. The first-order valence-corrected chi connectivity index (χ1v) is 12.4. The van der Waals surface area contributed by atoms with Crippen LogP contribution in [0.3, 0.4) is 0 Å². The quantitative estimate of drug-likeness (QED) is 0.466. The summed E-state index contributed by atoms with van der Waals surface area (Å²) in [5.74, 6) is 0.0719. The lowest BCUT2D eigenvalue weighted by Crippen LogP contribution is -2.62. The smallest absolute Gasteiger partial charge is 0.282 e. The van der Waals surface area contributed by atoms with Crippen molar-refractivity contribution in [2.45, 2.75) is 18.5 Å². The molecule has 0 radical (unpaired) electrons. The Kier molecular flexibility index (Phi) is 5.39. The first-order chi connectivity index (χ1) is 16.7. The van der Waals surface area contributed by atoms with Crippen LogP contribution in [0.1, 0.15) is 26.6 Å². The fourth-order valence-corrected chi connectivity index (χ4v) is 5.53. The van der Waals surface area contributed by atoms with Gasteiger partial charge in [0.15, 0.2) is 5.01 Å². The van der Waals surface area contributed by atoms with E-state index in [0.29, 0.717) is 30.2 Å². The van der Waals surface area contributed by atoms with Gasteiger partial charge in [-0.05, 0) is 24.1 Å². The molecule has 2 aromatic heterocycles. The Labute approximate surface area is 201 Å². The van der Waals surface area contributed by atoms with E-state index < -0.39 is 0 Å². The van der Waals surface area contributed by atoms with Crippen LogP contribution in [0.4, 0.5) is 0 Å². The van der Waals surface area contributed by atoms with Crippen LogP contribution in [-0.4, -0.2) is 69.8 Å². The third-order valence-electron chi connectivity index (χ3n) is 6.74. The minimum absolute atomic E-state index is 0.0137. The first-order valence-electron chi connectivity index (χ1n) is 11.6. The van der Waals surface area contributed by atoms with Gasteiger partial charge >= 0.3 is 0 Å². The zero-order valence-corrected chi connectivity index (χ0v) is 19.4. The predicted molar refractivity (Wildman–Crippen MR) is 133 cm³/mol. The molecule has 2 aliphatic rings. The molecule has 2 aliphatic heterocycles. The van der Waals surface area contributed by atoms with Gasteiger partial charge in [0.1, 0.15) is 0 Å². The van der Waals surface area contributed by atoms with E-state index in [1.807, 2.05) is 57.8 Å². The van der Waals surface area contributed by atoms with E-state index in [1.165, 1.54) is 11.3 Å². The van der Waals surface area contributed by atoms with E-state index in [4.69, 9.17) is 0 Å². The molecule has 2 fully saturated rings. The van der Waals surface area contributed by atoms with Crippen LogP contribution in [0.2, 0.25) is 0 Å². The molecule has 172 valence electrons. The van der Waals surface area contributed by atoms with Crippen molar-refractivity contribution >= 4 is 34.1 Å². The number of aromatic nitrogens is 2. The third kappa shape index (κ3) is 3.89. The molecule has 6 rings (SSSR count). The Morgan fingerprint density at radius 1 is 1.00 bits per heavy atom. The maximum Gasteiger partial charge on any atom is 0.282 e. The highest BCUT2D eigenvalue weighted by atomic mass is 32.1. The summed E-state index contributed by atoms with van der Waals surface area (Å²) in [7, 11) is 0. The number of amides is 2. The number of likely N-dealkylation sites (tertiary alicyclic amines) is 2. The number of carbonyl (C=O) groups excluding carboxylic acids is 2. The van der Waals surface area contributed by atoms with E-state index >= 15 is 0 Å². The lowest BCUT2D eigenvalue weighted by molar-refractivity contribution is 0.0553. The van der Waals surface area contributed by atoms with Crippen LogP contribution >= 0.6 is 11.3 Å². The van der Waals surface area contributed by atoms with Gasteiger partial charge in [-0.15, -0.1) is 11.3 Å². The molecule has 2 amide bonds. The summed E-state index contributed by atoms with van der Waals surface area (Å²) in [5, 5.41) is 7.12. The molecular weight excluding hydrogens is 446 g/mol. The molecule has 4 aromatic rings. The fraction of sp³-hybridized carbons (Fsp3) is 0.269. The molecule has 2 N–H and O–H groups in total. The molecule has 2 saturated heterocycles. The largest absolute Gasteiger partial charge is 0.361 e. The van der Waals surface area contributed by atoms with E-state index in [0.717, 1.165) is 35.0 Å². The number of hydrogen-bond donors (Lipinski definition) is 2. The van der Waals surface area contributed by atoms with Crippen LogP contribution in [0.25, 0.3) is 22.0 Å². The third-order valence-corrected chi connectivity index (χ3v) is 7.51. The SMILES string of the molecule is O=C(c1ccc2c(-c3ccccc3)c[nH]c2c1)N1CC(NC2CCN(C(=O)c3nccs3)C2)C1. The van der Waals surface area contributed by atoms with Crippen LogP contribution in [0.5, 0.6) is 0 Å². The second-order valence-electron chi connectivity index (χ2n) is 8.98. The number of benzene rings is 2. The molecule has 4 heterocycles. The Morgan fingerprint density at radius 3 is 2.62 bits per heavy atom. The summed E-state index contributed by atoms with van der Waals surface area (Å²) >= 11 is 1.38. The molecule has 0 bridgehead atoms. The number of thiazole rings is 1. The van der Waals surface area contributed by atoms with E-state index in [2.05, 4.69) is 27.4 Å². The summed E-state index contributed by atoms with van der Waals surface area (Å²) in [6.45, 7) is 2.81. The van der Waals surface area contributed by atoms with Crippen molar-refractivity contribution in [2.24, 2.45) is 0 Å².